The number of benzene rings is 4. The number of hydrogen-bond donors (Lipinski definition) is 6. The van der Waals surface area contributed by atoms with Gasteiger partial charge in [-0.25, -0.2) is 16.8 Å². The molecule has 0 aliphatic heterocycles. The number of nitrogens with one attached hydrogen (secondary N) is 2. The Hall–Kier alpha value is -4.84. The molecule has 326 valence electrons. The monoisotopic (exact) mass is 864 g/mol. The minimum Gasteiger partial charge on any atom is -0.399 e. The van der Waals surface area contributed by atoms with Gasteiger partial charge in [0.25, 0.3) is 0 Å². The summed E-state index contributed by atoms with van der Waals surface area (Å²) in [7, 11) is -8.11. The molecule has 0 saturated heterocycles. The van der Waals surface area contributed by atoms with Crippen molar-refractivity contribution in [1.29, 1.82) is 0 Å². The normalized spacial score (nSPS) is 14.2. The minimum absolute atomic E-state index is 0.0194. The summed E-state index contributed by atoms with van der Waals surface area (Å²) in [5.41, 5.74) is 14.0. The fraction of sp³-hybridized carbons (Fsp3) is 0.409. The number of nitrogens with two attached hydrogens (primary N) is 2. The van der Waals surface area contributed by atoms with Gasteiger partial charge >= 0.3 is 0 Å². The Bertz CT molecular complexity index is 2020. The van der Waals surface area contributed by atoms with Crippen molar-refractivity contribution in [2.75, 3.05) is 37.6 Å². The Balaban J connectivity index is 1.49. The van der Waals surface area contributed by atoms with Gasteiger partial charge in [-0.2, -0.15) is 8.61 Å². The van der Waals surface area contributed by atoms with Crippen molar-refractivity contribution in [3.8, 4) is 0 Å². The lowest BCUT2D eigenvalue weighted by atomic mass is 10.00. The highest BCUT2D eigenvalue weighted by atomic mass is 32.2. The molecule has 8 N–H and O–H groups in total. The van der Waals surface area contributed by atoms with Crippen molar-refractivity contribution < 1.29 is 36.6 Å². The molecule has 4 rings (SSSR count). The molecular formula is C44H60N6O8S2. The first-order valence-corrected chi connectivity index (χ1v) is 23.0. The summed E-state index contributed by atoms with van der Waals surface area (Å²) < 4.78 is 57.5. The molecule has 0 spiro atoms. The van der Waals surface area contributed by atoms with Gasteiger partial charge in [0.1, 0.15) is 0 Å². The zero-order valence-electron chi connectivity index (χ0n) is 34.7. The molecule has 4 atom stereocenters. The van der Waals surface area contributed by atoms with E-state index in [0.717, 1.165) is 11.1 Å². The first-order valence-electron chi connectivity index (χ1n) is 20.1. The molecule has 4 aromatic carbocycles. The van der Waals surface area contributed by atoms with Gasteiger partial charge in [0, 0.05) is 50.4 Å². The number of anilines is 2. The number of aliphatic hydroxyl groups excluding tert-OH is 2. The van der Waals surface area contributed by atoms with Gasteiger partial charge < -0.3 is 32.3 Å². The lowest BCUT2D eigenvalue weighted by Gasteiger charge is -2.31. The van der Waals surface area contributed by atoms with Crippen LogP contribution in [0.2, 0.25) is 0 Å². The number of amides is 2. The van der Waals surface area contributed by atoms with Gasteiger partial charge in [0.15, 0.2) is 0 Å². The Kier molecular flexibility index (Phi) is 17.6. The van der Waals surface area contributed by atoms with Crippen molar-refractivity contribution in [2.45, 2.75) is 87.5 Å². The molecule has 0 saturated carbocycles. The largest absolute Gasteiger partial charge is 0.399 e. The molecule has 0 unspecified atom stereocenters. The molecule has 0 fully saturated rings. The van der Waals surface area contributed by atoms with Crippen LogP contribution in [0.3, 0.4) is 0 Å². The van der Waals surface area contributed by atoms with Crippen molar-refractivity contribution in [3.63, 3.8) is 0 Å². The van der Waals surface area contributed by atoms with Crippen LogP contribution in [0.15, 0.2) is 119 Å². The maximum atomic E-state index is 13.8. The lowest BCUT2D eigenvalue weighted by molar-refractivity contribution is -0.128. The SMILES string of the molecule is CC(C)CN(C[C@@H](O)[C@H](Cc1ccccc1)NC(=O)CCC(=O)N[C@H](Cc1ccccc1)[C@@H](O)CN(CC(C)C)S(=O)(=O)c1ccc(N)cc1)S(=O)(=O)c1ccc(N)cc1. The third-order valence-corrected chi connectivity index (χ3v) is 13.4. The average molecular weight is 865 g/mol. The van der Waals surface area contributed by atoms with Gasteiger partial charge in [-0.1, -0.05) is 88.4 Å². The topological polar surface area (TPSA) is 225 Å². The maximum Gasteiger partial charge on any atom is 0.243 e. The minimum atomic E-state index is -4.05. The fourth-order valence-corrected chi connectivity index (χ4v) is 9.94. The first kappa shape index (κ1) is 47.8. The summed E-state index contributed by atoms with van der Waals surface area (Å²) in [4.78, 5) is 27.1. The van der Waals surface area contributed by atoms with Gasteiger partial charge in [0.2, 0.25) is 31.9 Å². The highest BCUT2D eigenvalue weighted by molar-refractivity contribution is 7.89. The van der Waals surface area contributed by atoms with E-state index in [1.54, 1.807) is 0 Å². The van der Waals surface area contributed by atoms with Crippen LogP contribution in [0.4, 0.5) is 11.4 Å². The third-order valence-electron chi connectivity index (χ3n) is 9.75. The van der Waals surface area contributed by atoms with Gasteiger partial charge in [0.05, 0.1) is 34.1 Å². The van der Waals surface area contributed by atoms with Crippen LogP contribution in [0.5, 0.6) is 0 Å². The fourth-order valence-electron chi connectivity index (χ4n) is 6.69. The molecule has 4 aromatic rings. The van der Waals surface area contributed by atoms with Crippen molar-refractivity contribution in [3.05, 3.63) is 120 Å². The van der Waals surface area contributed by atoms with Crippen LogP contribution >= 0.6 is 0 Å². The molecule has 0 bridgehead atoms. The van der Waals surface area contributed by atoms with E-state index in [9.17, 15) is 36.6 Å². The number of sulfonamides is 2. The third kappa shape index (κ3) is 14.4. The van der Waals surface area contributed by atoms with Crippen LogP contribution in [-0.2, 0) is 42.5 Å². The lowest BCUT2D eigenvalue weighted by Crippen LogP contribution is -2.52. The molecule has 14 nitrogen and oxygen atoms in total. The van der Waals surface area contributed by atoms with E-state index in [-0.39, 0.29) is 73.5 Å². The van der Waals surface area contributed by atoms with Crippen LogP contribution in [-0.4, -0.2) is 97.9 Å². The van der Waals surface area contributed by atoms with E-state index in [2.05, 4.69) is 10.6 Å². The highest BCUT2D eigenvalue weighted by Gasteiger charge is 2.33. The molecule has 0 radical (unpaired) electrons. The molecule has 60 heavy (non-hydrogen) atoms. The Labute approximate surface area is 355 Å². The smallest absolute Gasteiger partial charge is 0.243 e. The second-order valence-electron chi connectivity index (χ2n) is 15.9. The Morgan fingerprint density at radius 3 is 1.15 bits per heavy atom. The zero-order chi connectivity index (χ0) is 44.0. The van der Waals surface area contributed by atoms with Crippen molar-refractivity contribution in [2.24, 2.45) is 11.8 Å². The van der Waals surface area contributed by atoms with E-state index in [1.807, 2.05) is 88.4 Å². The molecular weight excluding hydrogens is 805 g/mol. The number of carbonyl (C=O) groups is 2. The standard InChI is InChI=1S/C44H60N6O8S2/c1-31(2)27-49(59(55,56)37-19-15-35(45)16-20-37)29-41(51)39(25-33-11-7-5-8-12-33)47-43(53)23-24-44(54)48-40(26-34-13-9-6-10-14-34)42(52)30-50(28-32(3)4)60(57,58)38-21-17-36(46)18-22-38/h5-22,31-32,39-42,51-52H,23-30,45-46H2,1-4H3,(H,47,53)(H,48,54)/t39-,40+,41+,42-. The molecule has 2 amide bonds. The number of nitrogens with zero attached hydrogens (tertiary/aromatic N) is 2. The van der Waals surface area contributed by atoms with E-state index in [0.29, 0.717) is 11.4 Å². The van der Waals surface area contributed by atoms with E-state index < -0.39 is 56.2 Å². The van der Waals surface area contributed by atoms with Crippen LogP contribution < -0.4 is 22.1 Å². The number of hydrogen-bond acceptors (Lipinski definition) is 10. The first-order chi connectivity index (χ1) is 28.3. The van der Waals surface area contributed by atoms with Crippen LogP contribution in [0.1, 0.15) is 51.7 Å². The number of aliphatic hydroxyl groups is 2. The van der Waals surface area contributed by atoms with E-state index >= 15 is 0 Å². The summed E-state index contributed by atoms with van der Waals surface area (Å²) in [6.07, 6.45) is -2.91. The van der Waals surface area contributed by atoms with Gasteiger partial charge in [-0.05, 0) is 84.3 Å². The van der Waals surface area contributed by atoms with E-state index in [4.69, 9.17) is 11.5 Å². The summed E-state index contributed by atoms with van der Waals surface area (Å²) in [5, 5.41) is 28.9. The summed E-state index contributed by atoms with van der Waals surface area (Å²) >= 11 is 0. The summed E-state index contributed by atoms with van der Waals surface area (Å²) in [6.45, 7) is 7.03. The summed E-state index contributed by atoms with van der Waals surface area (Å²) in [6, 6.07) is 28.0. The second kappa shape index (κ2) is 22.1. The van der Waals surface area contributed by atoms with Crippen LogP contribution in [0, 0.1) is 11.8 Å². The van der Waals surface area contributed by atoms with E-state index in [1.165, 1.54) is 57.1 Å². The predicted octanol–water partition coefficient (Wildman–Crippen LogP) is 3.80. The van der Waals surface area contributed by atoms with Crippen molar-refractivity contribution in [1.82, 2.24) is 19.2 Å². The molecule has 0 aliphatic rings. The molecule has 0 aromatic heterocycles. The Morgan fingerprint density at radius 2 is 0.850 bits per heavy atom. The second-order valence-corrected chi connectivity index (χ2v) is 19.8. The number of rotatable bonds is 23. The maximum absolute atomic E-state index is 13.8. The quantitative estimate of drug-likeness (QED) is 0.0592. The van der Waals surface area contributed by atoms with Gasteiger partial charge in [-0.3, -0.25) is 9.59 Å². The van der Waals surface area contributed by atoms with Crippen molar-refractivity contribution >= 4 is 43.2 Å². The number of carbonyl (C=O) groups excluding carboxylic acids is 2. The van der Waals surface area contributed by atoms with Gasteiger partial charge in [-0.15, -0.1) is 0 Å². The Morgan fingerprint density at radius 1 is 0.533 bits per heavy atom. The number of nitrogen functional groups attached to an aromatic ring is 2. The summed E-state index contributed by atoms with van der Waals surface area (Å²) in [5.74, 6) is -1.28. The molecule has 0 aliphatic carbocycles. The van der Waals surface area contributed by atoms with Crippen LogP contribution in [0.25, 0.3) is 0 Å². The predicted molar refractivity (Wildman–Crippen MR) is 234 cm³/mol. The molecule has 16 heteroatoms. The average Bonchev–Trinajstić information content (AvgIpc) is 3.19. The highest BCUT2D eigenvalue weighted by Crippen LogP contribution is 2.22. The molecule has 0 heterocycles. The zero-order valence-corrected chi connectivity index (χ0v) is 36.4.